The standard InChI is InChI=1S/C20H16Cl2FNO4S/c1-3-28-18-14(22)7-11(8-16(18)27-2)9-17-19(25)24(20(26)29-17)10-12-13(21)5-4-6-15(12)23/h4-9H,3,10H2,1-2H3/b17-9-. The van der Waals surface area contributed by atoms with Crippen molar-refractivity contribution in [3.63, 3.8) is 0 Å². The van der Waals surface area contributed by atoms with Crippen molar-refractivity contribution in [2.75, 3.05) is 13.7 Å². The largest absolute Gasteiger partial charge is 0.493 e. The molecule has 29 heavy (non-hydrogen) atoms. The maximum Gasteiger partial charge on any atom is 0.293 e. The molecule has 0 radical (unpaired) electrons. The summed E-state index contributed by atoms with van der Waals surface area (Å²) in [6, 6.07) is 7.45. The lowest BCUT2D eigenvalue weighted by molar-refractivity contribution is -0.123. The monoisotopic (exact) mass is 455 g/mol. The van der Waals surface area contributed by atoms with E-state index in [4.69, 9.17) is 32.7 Å². The van der Waals surface area contributed by atoms with Gasteiger partial charge in [0, 0.05) is 10.6 Å². The van der Waals surface area contributed by atoms with E-state index < -0.39 is 17.0 Å². The van der Waals surface area contributed by atoms with Crippen LogP contribution in [0.2, 0.25) is 10.0 Å². The van der Waals surface area contributed by atoms with Crippen LogP contribution in [-0.4, -0.2) is 29.8 Å². The summed E-state index contributed by atoms with van der Waals surface area (Å²) in [5.41, 5.74) is 0.647. The Hall–Kier alpha value is -2.22. The van der Waals surface area contributed by atoms with E-state index in [0.717, 1.165) is 16.7 Å². The quantitative estimate of drug-likeness (QED) is 0.516. The number of ether oxygens (including phenoxy) is 2. The van der Waals surface area contributed by atoms with Crippen LogP contribution in [0.15, 0.2) is 35.2 Å². The molecule has 0 aliphatic carbocycles. The molecule has 0 aromatic heterocycles. The first kappa shape index (κ1) is 21.5. The lowest BCUT2D eigenvalue weighted by Gasteiger charge is -2.14. The van der Waals surface area contributed by atoms with E-state index in [-0.39, 0.29) is 22.0 Å². The summed E-state index contributed by atoms with van der Waals surface area (Å²) in [7, 11) is 1.48. The van der Waals surface area contributed by atoms with Crippen LogP contribution < -0.4 is 9.47 Å². The highest BCUT2D eigenvalue weighted by Gasteiger charge is 2.36. The Morgan fingerprint density at radius 1 is 1.21 bits per heavy atom. The minimum Gasteiger partial charge on any atom is -0.493 e. The number of nitrogens with zero attached hydrogens (tertiary/aromatic N) is 1. The van der Waals surface area contributed by atoms with Gasteiger partial charge in [0.1, 0.15) is 5.82 Å². The fourth-order valence-corrected chi connectivity index (χ4v) is 4.07. The van der Waals surface area contributed by atoms with Crippen molar-refractivity contribution in [3.05, 3.63) is 62.2 Å². The normalized spacial score (nSPS) is 15.3. The SMILES string of the molecule is CCOc1c(Cl)cc(/C=C2\SC(=O)N(Cc3c(F)cccc3Cl)C2=O)cc1OC. The number of amides is 2. The number of carbonyl (C=O) groups is 2. The molecule has 1 saturated heterocycles. The molecular formula is C20H16Cl2FNO4S. The van der Waals surface area contributed by atoms with E-state index in [9.17, 15) is 14.0 Å². The predicted octanol–water partition coefficient (Wildman–Crippen LogP) is 5.78. The highest BCUT2D eigenvalue weighted by atomic mass is 35.5. The fraction of sp³-hybridized carbons (Fsp3) is 0.200. The van der Waals surface area contributed by atoms with Gasteiger partial charge in [-0.25, -0.2) is 4.39 Å². The second kappa shape index (κ2) is 9.07. The predicted molar refractivity (Wildman–Crippen MR) is 112 cm³/mol. The van der Waals surface area contributed by atoms with Crippen LogP contribution in [0.4, 0.5) is 9.18 Å². The summed E-state index contributed by atoms with van der Waals surface area (Å²) < 4.78 is 24.8. The number of benzene rings is 2. The van der Waals surface area contributed by atoms with Gasteiger partial charge in [0.2, 0.25) is 0 Å². The molecule has 1 heterocycles. The maximum atomic E-state index is 14.0. The van der Waals surface area contributed by atoms with E-state index in [2.05, 4.69) is 0 Å². The first-order valence-electron chi connectivity index (χ1n) is 8.54. The molecule has 1 aliphatic rings. The fourth-order valence-electron chi connectivity index (χ4n) is 2.74. The molecule has 0 N–H and O–H groups in total. The molecule has 0 unspecified atom stereocenters. The van der Waals surface area contributed by atoms with Crippen LogP contribution in [0.3, 0.4) is 0 Å². The summed E-state index contributed by atoms with van der Waals surface area (Å²) in [4.78, 5) is 26.2. The number of hydrogen-bond acceptors (Lipinski definition) is 5. The van der Waals surface area contributed by atoms with Crippen LogP contribution in [0, 0.1) is 5.82 Å². The molecule has 2 aromatic rings. The molecule has 0 spiro atoms. The smallest absolute Gasteiger partial charge is 0.293 e. The summed E-state index contributed by atoms with van der Waals surface area (Å²) in [5.74, 6) is -0.314. The van der Waals surface area contributed by atoms with Crippen molar-refractivity contribution >= 4 is 52.2 Å². The molecule has 9 heteroatoms. The molecule has 0 saturated carbocycles. The van der Waals surface area contributed by atoms with Gasteiger partial charge in [-0.05, 0) is 54.6 Å². The Balaban J connectivity index is 1.89. The van der Waals surface area contributed by atoms with Gasteiger partial charge >= 0.3 is 0 Å². The van der Waals surface area contributed by atoms with Gasteiger partial charge in [-0.2, -0.15) is 0 Å². The third kappa shape index (κ3) is 4.52. The van der Waals surface area contributed by atoms with Gasteiger partial charge in [-0.3, -0.25) is 14.5 Å². The average molecular weight is 456 g/mol. The Labute approximate surface area is 181 Å². The van der Waals surface area contributed by atoms with Gasteiger partial charge in [-0.15, -0.1) is 0 Å². The molecule has 2 amide bonds. The first-order valence-corrected chi connectivity index (χ1v) is 10.1. The van der Waals surface area contributed by atoms with Crippen molar-refractivity contribution in [1.29, 1.82) is 0 Å². The van der Waals surface area contributed by atoms with Crippen molar-refractivity contribution in [1.82, 2.24) is 4.90 Å². The lowest BCUT2D eigenvalue weighted by atomic mass is 10.1. The summed E-state index contributed by atoms with van der Waals surface area (Å²) in [6.07, 6.45) is 1.53. The molecule has 3 rings (SSSR count). The number of thioether (sulfide) groups is 1. The van der Waals surface area contributed by atoms with Crippen molar-refractivity contribution in [3.8, 4) is 11.5 Å². The number of rotatable bonds is 6. The zero-order valence-corrected chi connectivity index (χ0v) is 17.8. The van der Waals surface area contributed by atoms with Gasteiger partial charge in [0.15, 0.2) is 11.5 Å². The number of halogens is 3. The Kier molecular flexibility index (Phi) is 6.72. The third-order valence-corrected chi connectivity index (χ3v) is 5.63. The first-order chi connectivity index (χ1) is 13.8. The van der Waals surface area contributed by atoms with Crippen molar-refractivity contribution in [2.24, 2.45) is 0 Å². The minimum absolute atomic E-state index is 0.0866. The molecule has 5 nitrogen and oxygen atoms in total. The molecule has 1 fully saturated rings. The number of hydrogen-bond donors (Lipinski definition) is 0. The van der Waals surface area contributed by atoms with E-state index in [1.54, 1.807) is 12.1 Å². The van der Waals surface area contributed by atoms with Crippen LogP contribution >= 0.6 is 35.0 Å². The van der Waals surface area contributed by atoms with Crippen molar-refractivity contribution < 1.29 is 23.5 Å². The van der Waals surface area contributed by atoms with Crippen molar-refractivity contribution in [2.45, 2.75) is 13.5 Å². The Bertz CT molecular complexity index is 992. The topological polar surface area (TPSA) is 55.8 Å². The van der Waals surface area contributed by atoms with Crippen LogP contribution in [0.5, 0.6) is 11.5 Å². The molecule has 152 valence electrons. The van der Waals surface area contributed by atoms with Gasteiger partial charge in [-0.1, -0.05) is 29.3 Å². The number of carbonyl (C=O) groups excluding carboxylic acids is 2. The summed E-state index contributed by atoms with van der Waals surface area (Å²) >= 11 is 13.0. The average Bonchev–Trinajstić information content (AvgIpc) is 2.93. The van der Waals surface area contributed by atoms with E-state index >= 15 is 0 Å². The van der Waals surface area contributed by atoms with Gasteiger partial charge in [0.05, 0.1) is 30.2 Å². The molecule has 1 aliphatic heterocycles. The minimum atomic E-state index is -0.580. The van der Waals surface area contributed by atoms with Gasteiger partial charge < -0.3 is 9.47 Å². The second-order valence-corrected chi connectivity index (χ2v) is 7.74. The van der Waals surface area contributed by atoms with Crippen LogP contribution in [0.25, 0.3) is 6.08 Å². The van der Waals surface area contributed by atoms with Crippen LogP contribution in [0.1, 0.15) is 18.1 Å². The molecule has 0 bridgehead atoms. The molecular weight excluding hydrogens is 440 g/mol. The van der Waals surface area contributed by atoms with Gasteiger partial charge in [0.25, 0.3) is 11.1 Å². The zero-order chi connectivity index (χ0) is 21.1. The second-order valence-electron chi connectivity index (χ2n) is 5.94. The number of methoxy groups -OCH3 is 1. The van der Waals surface area contributed by atoms with E-state index in [1.165, 1.54) is 31.4 Å². The van der Waals surface area contributed by atoms with E-state index in [1.807, 2.05) is 6.92 Å². The summed E-state index contributed by atoms with van der Waals surface area (Å²) in [5, 5.41) is -0.0459. The number of imide groups is 1. The Morgan fingerprint density at radius 2 is 1.97 bits per heavy atom. The summed E-state index contributed by atoms with van der Waals surface area (Å²) in [6.45, 7) is 1.98. The zero-order valence-electron chi connectivity index (χ0n) is 15.5. The maximum absolute atomic E-state index is 14.0. The van der Waals surface area contributed by atoms with Crippen LogP contribution in [-0.2, 0) is 11.3 Å². The third-order valence-electron chi connectivity index (χ3n) is 4.09. The highest BCUT2D eigenvalue weighted by molar-refractivity contribution is 8.18. The highest BCUT2D eigenvalue weighted by Crippen LogP contribution is 2.39. The molecule has 0 atom stereocenters. The van der Waals surface area contributed by atoms with E-state index in [0.29, 0.717) is 28.7 Å². The molecule has 2 aromatic carbocycles. The lowest BCUT2D eigenvalue weighted by Crippen LogP contribution is -2.28. The Morgan fingerprint density at radius 3 is 2.62 bits per heavy atom.